The van der Waals surface area contributed by atoms with E-state index in [1.165, 1.54) is 33.4 Å². The summed E-state index contributed by atoms with van der Waals surface area (Å²) in [7, 11) is 0. The molecule has 0 N–H and O–H groups in total. The van der Waals surface area contributed by atoms with E-state index in [0.717, 1.165) is 5.02 Å². The van der Waals surface area contributed by atoms with E-state index < -0.39 is 23.2 Å². The van der Waals surface area contributed by atoms with Crippen LogP contribution in [0.5, 0.6) is 0 Å². The van der Waals surface area contributed by atoms with Gasteiger partial charge < -0.3 is 24.8 Å². The summed E-state index contributed by atoms with van der Waals surface area (Å²) in [6, 6.07) is 15.0. The largest absolute Gasteiger partial charge is 1.00 e. The fraction of sp³-hybridized carbons (Fsp3) is 0.308. The Labute approximate surface area is 210 Å². The molecule has 1 atom stereocenters. The molecule has 0 bridgehead atoms. The van der Waals surface area contributed by atoms with Crippen LogP contribution in [0.1, 0.15) is 56.3 Å². The van der Waals surface area contributed by atoms with Crippen LogP contribution in [0.3, 0.4) is 0 Å². The van der Waals surface area contributed by atoms with Crippen LogP contribution in [0.25, 0.3) is 17.2 Å². The smallest absolute Gasteiger partial charge is 1.00 e. The maximum absolute atomic E-state index is 6.61. The molecule has 0 saturated heterocycles. The van der Waals surface area contributed by atoms with Crippen molar-refractivity contribution >= 4 is 17.7 Å². The summed E-state index contributed by atoms with van der Waals surface area (Å²) >= 11 is 5.75. The first kappa shape index (κ1) is 25.7. The van der Waals surface area contributed by atoms with E-state index in [4.69, 9.17) is 11.6 Å². The summed E-state index contributed by atoms with van der Waals surface area (Å²) in [4.78, 5) is 0. The Morgan fingerprint density at radius 1 is 0.900 bits per heavy atom. The third-order valence-electron chi connectivity index (χ3n) is 6.75. The molecular weight excluding hydrogens is 510 g/mol. The van der Waals surface area contributed by atoms with E-state index in [9.17, 15) is 0 Å². The first-order valence-electron chi connectivity index (χ1n) is 9.95. The van der Waals surface area contributed by atoms with Crippen LogP contribution < -0.4 is 24.8 Å². The average molecular weight is 537 g/mol. The second kappa shape index (κ2) is 9.50. The summed E-state index contributed by atoms with van der Waals surface area (Å²) in [5.41, 5.74) is 11.7. The molecule has 0 radical (unpaired) electrons. The number of allylic oxidation sites excluding steroid dienone is 5. The van der Waals surface area contributed by atoms with Gasteiger partial charge in [0.1, 0.15) is 0 Å². The van der Waals surface area contributed by atoms with Crippen LogP contribution in [0.15, 0.2) is 68.0 Å². The fourth-order valence-corrected chi connectivity index (χ4v) is 9.68. The SMILES string of the molecule is CC1=Cc2c(-c3ccccc3)cc(Cl)cc2[CH]1[Zr+2][C]1=C(C)C(C)=C(C)C1(C)C.[Cl-].[Cl-]. The minimum atomic E-state index is -0.861. The third-order valence-corrected chi connectivity index (χ3v) is 12.7. The van der Waals surface area contributed by atoms with Gasteiger partial charge in [0.25, 0.3) is 0 Å². The van der Waals surface area contributed by atoms with Crippen molar-refractivity contribution < 1.29 is 48.0 Å². The molecule has 30 heavy (non-hydrogen) atoms. The molecule has 0 fully saturated rings. The van der Waals surface area contributed by atoms with Crippen LogP contribution in [0, 0.1) is 5.41 Å². The van der Waals surface area contributed by atoms with Gasteiger partial charge in [-0.15, -0.1) is 0 Å². The molecule has 0 saturated carbocycles. The second-order valence-corrected chi connectivity index (χ2v) is 12.5. The van der Waals surface area contributed by atoms with Crippen LogP contribution in [0.4, 0.5) is 0 Å². The molecule has 2 aromatic carbocycles. The molecule has 0 aromatic heterocycles. The molecule has 2 aliphatic rings. The van der Waals surface area contributed by atoms with Crippen molar-refractivity contribution in [2.24, 2.45) is 5.41 Å². The van der Waals surface area contributed by atoms with Crippen LogP contribution >= 0.6 is 11.6 Å². The van der Waals surface area contributed by atoms with E-state index in [2.05, 4.69) is 90.1 Å². The van der Waals surface area contributed by atoms with Crippen molar-refractivity contribution in [3.8, 4) is 11.1 Å². The average Bonchev–Trinajstić information content (AvgIpc) is 3.05. The van der Waals surface area contributed by atoms with E-state index >= 15 is 0 Å². The van der Waals surface area contributed by atoms with Gasteiger partial charge in [0.2, 0.25) is 0 Å². The topological polar surface area (TPSA) is 0 Å². The van der Waals surface area contributed by atoms with E-state index in [-0.39, 0.29) is 30.2 Å². The van der Waals surface area contributed by atoms with Crippen molar-refractivity contribution in [2.75, 3.05) is 0 Å². The summed E-state index contributed by atoms with van der Waals surface area (Å²) in [5, 5.41) is 0.854. The Kier molecular flexibility index (Phi) is 8.13. The number of benzene rings is 2. The zero-order valence-electron chi connectivity index (χ0n) is 18.3. The molecule has 0 spiro atoms. The quantitative estimate of drug-likeness (QED) is 0.564. The summed E-state index contributed by atoms with van der Waals surface area (Å²) < 4.78 is 2.32. The molecule has 0 heterocycles. The van der Waals surface area contributed by atoms with Gasteiger partial charge in [-0.05, 0) is 0 Å². The van der Waals surface area contributed by atoms with Gasteiger partial charge in [0.15, 0.2) is 0 Å². The number of fused-ring (bicyclic) bond motifs is 1. The summed E-state index contributed by atoms with van der Waals surface area (Å²) in [6.07, 6.45) is 2.42. The molecule has 2 aliphatic carbocycles. The Hall–Kier alpha value is -0.587. The molecule has 2 aromatic rings. The van der Waals surface area contributed by atoms with Gasteiger partial charge in [-0.2, -0.15) is 0 Å². The number of hydrogen-bond acceptors (Lipinski definition) is 0. The van der Waals surface area contributed by atoms with Gasteiger partial charge >= 0.3 is 187 Å². The van der Waals surface area contributed by atoms with E-state index in [1.54, 1.807) is 14.4 Å². The van der Waals surface area contributed by atoms with Crippen molar-refractivity contribution in [2.45, 2.75) is 45.2 Å². The molecule has 156 valence electrons. The van der Waals surface area contributed by atoms with Crippen molar-refractivity contribution in [3.63, 3.8) is 0 Å². The van der Waals surface area contributed by atoms with Gasteiger partial charge in [-0.3, -0.25) is 0 Å². The van der Waals surface area contributed by atoms with Crippen LogP contribution in [-0.4, -0.2) is 0 Å². The molecule has 4 heteroatoms. The van der Waals surface area contributed by atoms with E-state index in [0.29, 0.717) is 3.63 Å². The molecular formula is C26H27Cl3Zr. The van der Waals surface area contributed by atoms with Crippen molar-refractivity contribution in [3.05, 3.63) is 84.2 Å². The predicted molar refractivity (Wildman–Crippen MR) is 118 cm³/mol. The Morgan fingerprint density at radius 3 is 2.10 bits per heavy atom. The second-order valence-electron chi connectivity index (χ2n) is 8.66. The summed E-state index contributed by atoms with van der Waals surface area (Å²) in [6.45, 7) is 14.1. The Balaban J connectivity index is 0.00000160. The minimum Gasteiger partial charge on any atom is -1.00 e. The summed E-state index contributed by atoms with van der Waals surface area (Å²) in [5.74, 6) is 0. The normalized spacial score (nSPS) is 19.0. The number of rotatable bonds is 3. The first-order valence-corrected chi connectivity index (χ1v) is 13.0. The number of halogens is 3. The number of hydrogen-bond donors (Lipinski definition) is 0. The van der Waals surface area contributed by atoms with E-state index in [1.807, 2.05) is 0 Å². The maximum atomic E-state index is 6.61. The zero-order valence-corrected chi connectivity index (χ0v) is 23.1. The standard InChI is InChI=1S/C16H12Cl.C10H15.2ClH.Zr/c1-11-7-13-9-14(17)10-16(15(13)8-11)12-5-3-2-4-6-12;1-7-6-10(4,5)9(3)8(7)2;;;/h2-10H,1H3;1-5H3;2*1H;/q;;;;+2/p-2. The minimum absolute atomic E-state index is 0. The van der Waals surface area contributed by atoms with Gasteiger partial charge in [-0.1, -0.05) is 0 Å². The van der Waals surface area contributed by atoms with Crippen molar-refractivity contribution in [1.29, 1.82) is 0 Å². The third kappa shape index (κ3) is 4.21. The van der Waals surface area contributed by atoms with Crippen LogP contribution in [-0.2, 0) is 23.2 Å². The molecule has 0 nitrogen and oxygen atoms in total. The molecule has 0 aliphatic heterocycles. The van der Waals surface area contributed by atoms with Gasteiger partial charge in [0.05, 0.1) is 0 Å². The fourth-order valence-electron chi connectivity index (χ4n) is 4.67. The van der Waals surface area contributed by atoms with Gasteiger partial charge in [-0.25, -0.2) is 0 Å². The van der Waals surface area contributed by atoms with Gasteiger partial charge in [0, 0.05) is 0 Å². The zero-order chi connectivity index (χ0) is 20.2. The molecule has 0 amide bonds. The molecule has 1 unspecified atom stereocenters. The Morgan fingerprint density at radius 2 is 1.53 bits per heavy atom. The maximum Gasteiger partial charge on any atom is -1.00 e. The Bertz CT molecular complexity index is 1060. The van der Waals surface area contributed by atoms with Crippen molar-refractivity contribution in [1.82, 2.24) is 0 Å². The predicted octanol–water partition coefficient (Wildman–Crippen LogP) is 2.21. The first-order chi connectivity index (χ1) is 13.2. The van der Waals surface area contributed by atoms with Crippen LogP contribution in [0.2, 0.25) is 5.02 Å². The molecule has 4 rings (SSSR count). The monoisotopic (exact) mass is 534 g/mol.